The second-order valence-corrected chi connectivity index (χ2v) is 9.41. The van der Waals surface area contributed by atoms with E-state index in [0.29, 0.717) is 16.1 Å². The first-order chi connectivity index (χ1) is 15.3. The number of amides is 1. The Balaban J connectivity index is 1.63. The molecule has 3 aromatic rings. The predicted octanol–water partition coefficient (Wildman–Crippen LogP) is 5.19. The zero-order valence-electron chi connectivity index (χ0n) is 17.3. The number of anilines is 1. The molecule has 0 spiro atoms. The number of non-ortho nitro benzene ring substituents is 1. The van der Waals surface area contributed by atoms with E-state index in [4.69, 9.17) is 16.6 Å². The van der Waals surface area contributed by atoms with Crippen LogP contribution < -0.4 is 10.9 Å². The van der Waals surface area contributed by atoms with Gasteiger partial charge in [-0.15, -0.1) is 0 Å². The summed E-state index contributed by atoms with van der Waals surface area (Å²) >= 11 is 7.30. The molecule has 2 aromatic carbocycles. The van der Waals surface area contributed by atoms with Crippen LogP contribution in [-0.2, 0) is 4.79 Å². The van der Waals surface area contributed by atoms with E-state index in [2.05, 4.69) is 5.32 Å². The normalized spacial score (nSPS) is 15.1. The summed E-state index contributed by atoms with van der Waals surface area (Å²) < 4.78 is 1.73. The van der Waals surface area contributed by atoms with Crippen molar-refractivity contribution in [2.24, 2.45) is 0 Å². The number of hydrogen-bond acceptors (Lipinski definition) is 6. The van der Waals surface area contributed by atoms with E-state index >= 15 is 0 Å². The van der Waals surface area contributed by atoms with Crippen LogP contribution in [0.1, 0.15) is 38.6 Å². The fourth-order valence-corrected chi connectivity index (χ4v) is 5.01. The van der Waals surface area contributed by atoms with E-state index in [1.54, 1.807) is 23.6 Å². The molecule has 0 radical (unpaired) electrons. The van der Waals surface area contributed by atoms with E-state index in [1.165, 1.54) is 30.0 Å². The number of fused-ring (bicyclic) bond motifs is 1. The molecule has 1 aliphatic carbocycles. The lowest BCUT2D eigenvalue weighted by molar-refractivity contribution is -0.384. The summed E-state index contributed by atoms with van der Waals surface area (Å²) in [6.07, 6.45) is 3.90. The fourth-order valence-electron chi connectivity index (χ4n) is 3.86. The molecule has 0 saturated heterocycles. The van der Waals surface area contributed by atoms with Gasteiger partial charge < -0.3 is 5.32 Å². The number of benzene rings is 2. The Morgan fingerprint density at radius 1 is 1.28 bits per heavy atom. The van der Waals surface area contributed by atoms with Gasteiger partial charge in [0.2, 0.25) is 5.91 Å². The van der Waals surface area contributed by atoms with Crippen LogP contribution in [0, 0.1) is 10.1 Å². The quantitative estimate of drug-likeness (QED) is 0.229. The second-order valence-electron chi connectivity index (χ2n) is 7.70. The van der Waals surface area contributed by atoms with Crippen LogP contribution in [0.3, 0.4) is 0 Å². The highest BCUT2D eigenvalue weighted by Crippen LogP contribution is 2.34. The van der Waals surface area contributed by atoms with Gasteiger partial charge in [0, 0.05) is 18.2 Å². The number of hydrogen-bond donors (Lipinski definition) is 1. The lowest BCUT2D eigenvalue weighted by Crippen LogP contribution is -2.29. The molecule has 1 saturated carbocycles. The minimum Gasteiger partial charge on any atom is -0.324 e. The number of aromatic nitrogens is 2. The summed E-state index contributed by atoms with van der Waals surface area (Å²) in [5, 5.41) is 14.3. The van der Waals surface area contributed by atoms with Gasteiger partial charge in [0.1, 0.15) is 0 Å². The van der Waals surface area contributed by atoms with Crippen LogP contribution in [-0.4, -0.2) is 25.6 Å². The Labute approximate surface area is 193 Å². The van der Waals surface area contributed by atoms with Gasteiger partial charge in [0.15, 0.2) is 5.16 Å². The standard InChI is InChI=1S/C22H21ClN4O4S/c1-13(20(28)24-19-12-15(27(30)31)10-11-17(19)23)32-22-25-18-9-5-4-8-16(18)21(29)26(22)14-6-2-3-7-14/h4-5,8-14H,2-3,6-7H2,1H3,(H,24,28). The minimum atomic E-state index is -0.619. The van der Waals surface area contributed by atoms with Gasteiger partial charge in [-0.25, -0.2) is 4.98 Å². The van der Waals surface area contributed by atoms with Crippen molar-refractivity contribution < 1.29 is 9.72 Å². The highest BCUT2D eigenvalue weighted by Gasteiger charge is 2.26. The summed E-state index contributed by atoms with van der Waals surface area (Å²) in [6.45, 7) is 1.70. The zero-order chi connectivity index (χ0) is 22.8. The molecular weight excluding hydrogens is 452 g/mol. The number of carbonyl (C=O) groups is 1. The molecule has 8 nitrogen and oxygen atoms in total. The van der Waals surface area contributed by atoms with Gasteiger partial charge in [-0.1, -0.05) is 48.3 Å². The average Bonchev–Trinajstić information content (AvgIpc) is 3.29. The first kappa shape index (κ1) is 22.3. The van der Waals surface area contributed by atoms with E-state index in [9.17, 15) is 19.7 Å². The highest BCUT2D eigenvalue weighted by atomic mass is 35.5. The Bertz CT molecular complexity index is 1260. The first-order valence-corrected chi connectivity index (χ1v) is 11.5. The van der Waals surface area contributed by atoms with Gasteiger partial charge in [0.05, 0.1) is 31.8 Å². The monoisotopic (exact) mass is 472 g/mol. The van der Waals surface area contributed by atoms with Gasteiger partial charge in [-0.3, -0.25) is 24.3 Å². The number of nitro groups is 1. The van der Waals surface area contributed by atoms with Crippen LogP contribution in [0.4, 0.5) is 11.4 Å². The summed E-state index contributed by atoms with van der Waals surface area (Å²) in [5.74, 6) is -0.391. The number of para-hydroxylation sites is 1. The summed E-state index contributed by atoms with van der Waals surface area (Å²) in [5.41, 5.74) is 0.483. The molecule has 1 amide bonds. The molecule has 1 unspecified atom stereocenters. The largest absolute Gasteiger partial charge is 0.324 e. The number of carbonyl (C=O) groups excluding carboxylic acids is 1. The molecule has 4 rings (SSSR count). The van der Waals surface area contributed by atoms with Gasteiger partial charge in [-0.2, -0.15) is 0 Å². The summed E-state index contributed by atoms with van der Waals surface area (Å²) in [4.78, 5) is 41.3. The number of rotatable bonds is 6. The first-order valence-electron chi connectivity index (χ1n) is 10.3. The molecule has 1 aromatic heterocycles. The molecule has 166 valence electrons. The number of thioether (sulfide) groups is 1. The highest BCUT2D eigenvalue weighted by molar-refractivity contribution is 8.00. The molecular formula is C22H21ClN4O4S. The molecule has 32 heavy (non-hydrogen) atoms. The maximum atomic E-state index is 13.3. The molecule has 1 fully saturated rings. The number of nitro benzene ring substituents is 1. The number of nitrogens with zero attached hydrogens (tertiary/aromatic N) is 3. The smallest absolute Gasteiger partial charge is 0.271 e. The van der Waals surface area contributed by atoms with Crippen molar-refractivity contribution in [3.63, 3.8) is 0 Å². The topological polar surface area (TPSA) is 107 Å². The Morgan fingerprint density at radius 3 is 2.72 bits per heavy atom. The van der Waals surface area contributed by atoms with E-state index < -0.39 is 16.1 Å². The Morgan fingerprint density at radius 2 is 2.00 bits per heavy atom. The predicted molar refractivity (Wildman–Crippen MR) is 126 cm³/mol. The van der Waals surface area contributed by atoms with Gasteiger partial charge >= 0.3 is 0 Å². The SMILES string of the molecule is CC(Sc1nc2ccccc2c(=O)n1C1CCCC1)C(=O)Nc1cc([N+](=O)[O-])ccc1Cl. The van der Waals surface area contributed by atoms with Crippen molar-refractivity contribution in [2.75, 3.05) is 5.32 Å². The van der Waals surface area contributed by atoms with Crippen molar-refractivity contribution in [1.82, 2.24) is 9.55 Å². The van der Waals surface area contributed by atoms with Crippen molar-refractivity contribution in [2.45, 2.75) is 49.1 Å². The van der Waals surface area contributed by atoms with Crippen molar-refractivity contribution >= 4 is 51.5 Å². The van der Waals surface area contributed by atoms with Crippen LogP contribution >= 0.6 is 23.4 Å². The summed E-state index contributed by atoms with van der Waals surface area (Å²) in [7, 11) is 0. The Hall–Kier alpha value is -2.91. The maximum absolute atomic E-state index is 13.3. The fraction of sp³-hybridized carbons (Fsp3) is 0.318. The average molecular weight is 473 g/mol. The van der Waals surface area contributed by atoms with Gasteiger partial charge in [0.25, 0.3) is 11.2 Å². The van der Waals surface area contributed by atoms with Crippen molar-refractivity contribution in [1.29, 1.82) is 0 Å². The molecule has 0 aliphatic heterocycles. The molecule has 1 N–H and O–H groups in total. The minimum absolute atomic E-state index is 0.0589. The molecule has 1 atom stereocenters. The maximum Gasteiger partial charge on any atom is 0.271 e. The Kier molecular flexibility index (Phi) is 6.48. The van der Waals surface area contributed by atoms with Crippen LogP contribution in [0.5, 0.6) is 0 Å². The van der Waals surface area contributed by atoms with Crippen molar-refractivity contribution in [3.8, 4) is 0 Å². The number of nitrogens with one attached hydrogen (secondary N) is 1. The third-order valence-corrected chi connectivity index (χ3v) is 6.93. The molecule has 10 heteroatoms. The third-order valence-electron chi connectivity index (χ3n) is 5.54. The van der Waals surface area contributed by atoms with E-state index in [-0.39, 0.29) is 28.0 Å². The van der Waals surface area contributed by atoms with Crippen molar-refractivity contribution in [3.05, 3.63) is 68.0 Å². The van der Waals surface area contributed by atoms with Crippen LogP contribution in [0.2, 0.25) is 5.02 Å². The third kappa shape index (κ3) is 4.49. The van der Waals surface area contributed by atoms with E-state index in [0.717, 1.165) is 25.7 Å². The van der Waals surface area contributed by atoms with E-state index in [1.807, 2.05) is 12.1 Å². The van der Waals surface area contributed by atoms with Crippen LogP contribution in [0.25, 0.3) is 10.9 Å². The van der Waals surface area contributed by atoms with Crippen LogP contribution in [0.15, 0.2) is 52.4 Å². The molecule has 0 bridgehead atoms. The lowest BCUT2D eigenvalue weighted by atomic mass is 10.2. The second kappa shape index (κ2) is 9.30. The van der Waals surface area contributed by atoms with Gasteiger partial charge in [-0.05, 0) is 38.0 Å². The lowest BCUT2D eigenvalue weighted by Gasteiger charge is -2.20. The summed E-state index contributed by atoms with van der Waals surface area (Å²) in [6, 6.07) is 11.1. The molecule has 1 aliphatic rings. The zero-order valence-corrected chi connectivity index (χ0v) is 18.9. The molecule has 1 heterocycles. The number of halogens is 1.